The van der Waals surface area contributed by atoms with Crippen molar-refractivity contribution in [2.75, 3.05) is 39.3 Å². The highest BCUT2D eigenvalue weighted by Crippen LogP contribution is 2.39. The molecule has 3 aliphatic heterocycles. The maximum absolute atomic E-state index is 13.6. The molecular weight excluding hydrogens is 388 g/mol. The molecule has 164 valence electrons. The topological polar surface area (TPSA) is 55.9 Å². The van der Waals surface area contributed by atoms with Crippen LogP contribution < -0.4 is 5.32 Å². The van der Waals surface area contributed by atoms with Crippen molar-refractivity contribution in [1.82, 2.24) is 20.0 Å². The number of nitrogens with zero attached hydrogens (tertiary/aromatic N) is 3. The van der Waals surface area contributed by atoms with Crippen LogP contribution in [0.1, 0.15) is 52.9 Å². The summed E-state index contributed by atoms with van der Waals surface area (Å²) in [5, 5.41) is 3.80. The van der Waals surface area contributed by atoms with Crippen molar-refractivity contribution in [3.8, 4) is 0 Å². The molecule has 0 aromatic rings. The minimum atomic E-state index is -0.655. The van der Waals surface area contributed by atoms with Crippen LogP contribution in [0.25, 0.3) is 0 Å². The molecule has 6 nitrogen and oxygen atoms in total. The minimum absolute atomic E-state index is 0.0579. The van der Waals surface area contributed by atoms with E-state index in [1.165, 1.54) is 6.42 Å². The molecule has 1 saturated carbocycles. The number of rotatable bonds is 4. The first-order valence-electron chi connectivity index (χ1n) is 11.5. The molecule has 4 aliphatic rings. The van der Waals surface area contributed by atoms with Crippen LogP contribution in [0.15, 0.2) is 0 Å². The van der Waals surface area contributed by atoms with Gasteiger partial charge in [-0.15, -0.1) is 11.6 Å². The smallest absolute Gasteiger partial charge is 0.251 e. The van der Waals surface area contributed by atoms with Crippen LogP contribution in [0.5, 0.6) is 0 Å². The van der Waals surface area contributed by atoms with Gasteiger partial charge in [0.2, 0.25) is 5.91 Å². The number of piperazine rings is 1. The number of likely N-dealkylation sites (tertiary alicyclic amines) is 1. The molecule has 3 heterocycles. The lowest BCUT2D eigenvalue weighted by molar-refractivity contribution is -0.184. The molecule has 0 aromatic heterocycles. The second-order valence-corrected chi connectivity index (χ2v) is 10.9. The van der Waals surface area contributed by atoms with Gasteiger partial charge in [-0.05, 0) is 64.3 Å². The molecule has 2 amide bonds. The molecule has 7 heteroatoms. The number of nitrogens with one attached hydrogen (secondary N) is 1. The number of piperidine rings is 1. The summed E-state index contributed by atoms with van der Waals surface area (Å²) in [6.45, 7) is 10.7. The van der Waals surface area contributed by atoms with E-state index in [2.05, 4.69) is 17.1 Å². The summed E-state index contributed by atoms with van der Waals surface area (Å²) in [5.74, 6) is 1.41. The fourth-order valence-corrected chi connectivity index (χ4v) is 6.03. The third-order valence-corrected chi connectivity index (χ3v) is 8.05. The first-order valence-corrected chi connectivity index (χ1v) is 11.9. The molecule has 1 N–H and O–H groups in total. The Labute approximate surface area is 180 Å². The van der Waals surface area contributed by atoms with Gasteiger partial charge in [0.15, 0.2) is 0 Å². The van der Waals surface area contributed by atoms with Crippen LogP contribution in [-0.4, -0.2) is 88.8 Å². The van der Waals surface area contributed by atoms with E-state index in [1.54, 1.807) is 4.90 Å². The monoisotopic (exact) mass is 424 g/mol. The number of amides is 2. The Bertz CT molecular complexity index is 628. The van der Waals surface area contributed by atoms with Gasteiger partial charge in [-0.1, -0.05) is 6.92 Å². The molecule has 1 spiro atoms. The van der Waals surface area contributed by atoms with Crippen LogP contribution in [0.3, 0.4) is 0 Å². The number of halogens is 1. The Morgan fingerprint density at radius 1 is 1.14 bits per heavy atom. The molecule has 29 heavy (non-hydrogen) atoms. The van der Waals surface area contributed by atoms with E-state index in [0.717, 1.165) is 38.8 Å². The lowest BCUT2D eigenvalue weighted by Gasteiger charge is -2.61. The van der Waals surface area contributed by atoms with Crippen molar-refractivity contribution in [2.24, 2.45) is 11.8 Å². The number of hydrogen-bond acceptors (Lipinski definition) is 4. The molecule has 1 aliphatic carbocycles. The van der Waals surface area contributed by atoms with E-state index in [0.29, 0.717) is 37.5 Å². The molecule has 2 unspecified atom stereocenters. The van der Waals surface area contributed by atoms with Gasteiger partial charge in [0, 0.05) is 43.6 Å². The first-order chi connectivity index (χ1) is 13.8. The van der Waals surface area contributed by atoms with Gasteiger partial charge < -0.3 is 15.1 Å². The van der Waals surface area contributed by atoms with E-state index in [9.17, 15) is 9.59 Å². The van der Waals surface area contributed by atoms with Gasteiger partial charge in [0.1, 0.15) is 12.1 Å². The molecule has 0 radical (unpaired) electrons. The Kier molecular flexibility index (Phi) is 6.16. The van der Waals surface area contributed by atoms with E-state index in [1.807, 2.05) is 18.7 Å². The Morgan fingerprint density at radius 2 is 1.83 bits per heavy atom. The molecule has 0 bridgehead atoms. The van der Waals surface area contributed by atoms with Gasteiger partial charge in [-0.3, -0.25) is 14.5 Å². The molecule has 3 saturated heterocycles. The highest BCUT2D eigenvalue weighted by atomic mass is 35.5. The predicted molar refractivity (Wildman–Crippen MR) is 115 cm³/mol. The molecule has 4 fully saturated rings. The minimum Gasteiger partial charge on any atom is -0.329 e. The maximum atomic E-state index is 13.6. The van der Waals surface area contributed by atoms with E-state index in [-0.39, 0.29) is 29.8 Å². The SMILES string of the molecule is CC1CNCC(N2CC3(C2)C(=O)N(C(C)C)CC(=O)N3CC2CCC(Cl)CC2)C1. The van der Waals surface area contributed by atoms with E-state index < -0.39 is 5.54 Å². The van der Waals surface area contributed by atoms with Crippen molar-refractivity contribution in [1.29, 1.82) is 0 Å². The summed E-state index contributed by atoms with van der Waals surface area (Å²) in [7, 11) is 0. The zero-order valence-electron chi connectivity index (χ0n) is 18.2. The first kappa shape index (κ1) is 21.4. The number of carbonyl (C=O) groups is 2. The molecule has 0 aromatic carbocycles. The van der Waals surface area contributed by atoms with E-state index in [4.69, 9.17) is 11.6 Å². The Morgan fingerprint density at radius 3 is 2.45 bits per heavy atom. The molecule has 4 rings (SSSR count). The van der Waals surface area contributed by atoms with Crippen molar-refractivity contribution in [3.63, 3.8) is 0 Å². The predicted octanol–water partition coefficient (Wildman–Crippen LogP) is 1.92. The zero-order chi connectivity index (χ0) is 20.8. The fraction of sp³-hybridized carbons (Fsp3) is 0.909. The summed E-state index contributed by atoms with van der Waals surface area (Å²) < 4.78 is 0. The van der Waals surface area contributed by atoms with Crippen LogP contribution in [0, 0.1) is 11.8 Å². The van der Waals surface area contributed by atoms with E-state index >= 15 is 0 Å². The normalized spacial score (nSPS) is 36.0. The number of hydrogen-bond donors (Lipinski definition) is 1. The van der Waals surface area contributed by atoms with Gasteiger partial charge in [-0.2, -0.15) is 0 Å². The number of alkyl halides is 1. The average molecular weight is 425 g/mol. The lowest BCUT2D eigenvalue weighted by Crippen LogP contribution is -2.82. The summed E-state index contributed by atoms with van der Waals surface area (Å²) >= 11 is 6.29. The highest BCUT2D eigenvalue weighted by molar-refractivity contribution is 6.20. The van der Waals surface area contributed by atoms with Crippen molar-refractivity contribution >= 4 is 23.4 Å². The van der Waals surface area contributed by atoms with Gasteiger partial charge in [0.05, 0.1) is 0 Å². The van der Waals surface area contributed by atoms with Crippen molar-refractivity contribution < 1.29 is 9.59 Å². The number of carbonyl (C=O) groups excluding carboxylic acids is 2. The van der Waals surface area contributed by atoms with Gasteiger partial charge in [0.25, 0.3) is 5.91 Å². The third-order valence-electron chi connectivity index (χ3n) is 7.62. The van der Waals surface area contributed by atoms with Crippen LogP contribution >= 0.6 is 11.6 Å². The summed E-state index contributed by atoms with van der Waals surface area (Å²) in [4.78, 5) is 33.0. The second kappa shape index (κ2) is 8.35. The standard InChI is InChI=1S/C22H37ClN4O2/c1-15(2)26-12-20(28)27(11-17-4-6-18(23)7-5-17)22(21(26)29)13-25(14-22)19-8-16(3)9-24-10-19/h15-19,24H,4-14H2,1-3H3. The quantitative estimate of drug-likeness (QED) is 0.700. The Hall–Kier alpha value is -0.850. The Balaban J connectivity index is 1.51. The average Bonchev–Trinajstić information content (AvgIpc) is 2.64. The van der Waals surface area contributed by atoms with Gasteiger partial charge >= 0.3 is 0 Å². The van der Waals surface area contributed by atoms with Crippen molar-refractivity contribution in [2.45, 2.75) is 75.9 Å². The summed E-state index contributed by atoms with van der Waals surface area (Å²) in [6.07, 6.45) is 5.32. The summed E-state index contributed by atoms with van der Waals surface area (Å²) in [5.41, 5.74) is -0.655. The van der Waals surface area contributed by atoms with Crippen LogP contribution in [0.4, 0.5) is 0 Å². The second-order valence-electron chi connectivity index (χ2n) is 10.2. The van der Waals surface area contributed by atoms with Gasteiger partial charge in [-0.25, -0.2) is 0 Å². The maximum Gasteiger partial charge on any atom is 0.251 e. The van der Waals surface area contributed by atoms with Crippen molar-refractivity contribution in [3.05, 3.63) is 0 Å². The van der Waals surface area contributed by atoms with Crippen LogP contribution in [0.2, 0.25) is 0 Å². The highest BCUT2D eigenvalue weighted by Gasteiger charge is 2.61. The lowest BCUT2D eigenvalue weighted by atomic mass is 9.79. The molecule has 2 atom stereocenters. The molecular formula is C22H37ClN4O2. The zero-order valence-corrected chi connectivity index (χ0v) is 19.0. The van der Waals surface area contributed by atoms with Crippen LogP contribution in [-0.2, 0) is 9.59 Å². The fourth-order valence-electron chi connectivity index (χ4n) is 5.78. The largest absolute Gasteiger partial charge is 0.329 e. The third kappa shape index (κ3) is 4.05. The summed E-state index contributed by atoms with van der Waals surface area (Å²) in [6, 6.07) is 0.526.